The molecule has 2 aromatic rings. The SMILES string of the molecule is Cc1cc(C)nc(NC(=NC2CCCCC2)NC(=S)Nc2ccc(F)c(Cl)c2)n1. The largest absolute Gasteiger partial charge is 0.332 e. The number of rotatable bonds is 3. The number of anilines is 2. The van der Waals surface area contributed by atoms with E-state index < -0.39 is 5.82 Å². The van der Waals surface area contributed by atoms with E-state index in [2.05, 4.69) is 25.9 Å². The Morgan fingerprint density at radius 3 is 2.45 bits per heavy atom. The van der Waals surface area contributed by atoms with Gasteiger partial charge in [0.25, 0.3) is 0 Å². The van der Waals surface area contributed by atoms with Gasteiger partial charge in [-0.15, -0.1) is 0 Å². The van der Waals surface area contributed by atoms with Crippen molar-refractivity contribution < 1.29 is 4.39 Å². The third kappa shape index (κ3) is 6.61. The number of aromatic nitrogens is 2. The number of aryl methyl sites for hydroxylation is 2. The minimum atomic E-state index is -0.482. The number of nitrogens with one attached hydrogen (secondary N) is 3. The van der Waals surface area contributed by atoms with Crippen molar-refractivity contribution in [3.8, 4) is 0 Å². The number of benzene rings is 1. The maximum atomic E-state index is 13.4. The summed E-state index contributed by atoms with van der Waals surface area (Å²) in [7, 11) is 0. The summed E-state index contributed by atoms with van der Waals surface area (Å²) >= 11 is 11.2. The van der Waals surface area contributed by atoms with Crippen LogP contribution in [0.5, 0.6) is 0 Å². The third-order valence-electron chi connectivity index (χ3n) is 4.51. The third-order valence-corrected chi connectivity index (χ3v) is 5.00. The van der Waals surface area contributed by atoms with Crippen LogP contribution in [0.3, 0.4) is 0 Å². The highest BCUT2D eigenvalue weighted by atomic mass is 35.5. The predicted molar refractivity (Wildman–Crippen MR) is 120 cm³/mol. The lowest BCUT2D eigenvalue weighted by molar-refractivity contribution is 0.443. The van der Waals surface area contributed by atoms with E-state index in [4.69, 9.17) is 28.8 Å². The van der Waals surface area contributed by atoms with E-state index in [9.17, 15) is 4.39 Å². The van der Waals surface area contributed by atoms with E-state index >= 15 is 0 Å². The van der Waals surface area contributed by atoms with Crippen LogP contribution in [-0.4, -0.2) is 27.1 Å². The van der Waals surface area contributed by atoms with Gasteiger partial charge >= 0.3 is 0 Å². The maximum absolute atomic E-state index is 13.4. The summed E-state index contributed by atoms with van der Waals surface area (Å²) in [6.45, 7) is 3.82. The van der Waals surface area contributed by atoms with E-state index in [1.165, 1.54) is 18.6 Å². The molecule has 6 nitrogen and oxygen atoms in total. The molecular weight excluding hydrogens is 411 g/mol. The first-order chi connectivity index (χ1) is 13.9. The molecule has 1 aliphatic rings. The van der Waals surface area contributed by atoms with E-state index in [0.717, 1.165) is 37.1 Å². The molecule has 154 valence electrons. The normalized spacial score (nSPS) is 15.1. The Labute approximate surface area is 180 Å². The lowest BCUT2D eigenvalue weighted by Gasteiger charge is -2.20. The van der Waals surface area contributed by atoms with Crippen LogP contribution in [0.25, 0.3) is 0 Å². The molecule has 0 bridgehead atoms. The number of nitrogens with zero attached hydrogens (tertiary/aromatic N) is 3. The summed E-state index contributed by atoms with van der Waals surface area (Å²) in [5, 5.41) is 9.55. The first-order valence-electron chi connectivity index (χ1n) is 9.59. The molecule has 0 atom stereocenters. The number of hydrogen-bond donors (Lipinski definition) is 3. The summed E-state index contributed by atoms with van der Waals surface area (Å²) in [5.74, 6) is 0.453. The molecule has 0 saturated heterocycles. The highest BCUT2D eigenvalue weighted by Crippen LogP contribution is 2.21. The zero-order chi connectivity index (χ0) is 20.8. The number of aliphatic imine (C=N–C) groups is 1. The number of guanidine groups is 1. The fraction of sp³-hybridized carbons (Fsp3) is 0.400. The van der Waals surface area contributed by atoms with Gasteiger partial charge in [-0.25, -0.2) is 19.4 Å². The van der Waals surface area contributed by atoms with Crippen LogP contribution in [0.1, 0.15) is 43.5 Å². The van der Waals surface area contributed by atoms with Crippen LogP contribution in [-0.2, 0) is 0 Å². The van der Waals surface area contributed by atoms with Crippen LogP contribution in [0.15, 0.2) is 29.3 Å². The van der Waals surface area contributed by atoms with E-state index in [0.29, 0.717) is 22.7 Å². The molecule has 1 aromatic heterocycles. The van der Waals surface area contributed by atoms with E-state index in [1.807, 2.05) is 19.9 Å². The van der Waals surface area contributed by atoms with Crippen molar-refractivity contribution in [3.63, 3.8) is 0 Å². The standard InChI is InChI=1S/C20H24ClFN6S/c1-12-10-13(2)24-18(23-12)27-19(25-14-6-4-3-5-7-14)28-20(29)26-15-8-9-17(22)16(21)11-15/h8-11,14H,3-7H2,1-2H3,(H3,23,24,25,26,27,28,29). The van der Waals surface area contributed by atoms with Gasteiger partial charge in [-0.1, -0.05) is 30.9 Å². The first-order valence-corrected chi connectivity index (χ1v) is 10.4. The topological polar surface area (TPSA) is 74.2 Å². The number of hydrogen-bond acceptors (Lipinski definition) is 4. The zero-order valence-electron chi connectivity index (χ0n) is 16.4. The molecule has 9 heteroatoms. The van der Waals surface area contributed by atoms with E-state index in [1.54, 1.807) is 6.07 Å². The van der Waals surface area contributed by atoms with Crippen molar-refractivity contribution in [2.45, 2.75) is 52.0 Å². The van der Waals surface area contributed by atoms with Crippen LogP contribution >= 0.6 is 23.8 Å². The molecular formula is C20H24ClFN6S. The summed E-state index contributed by atoms with van der Waals surface area (Å²) in [4.78, 5) is 13.6. The fourth-order valence-corrected chi connectivity index (χ4v) is 3.62. The molecule has 1 aromatic carbocycles. The Morgan fingerprint density at radius 2 is 1.79 bits per heavy atom. The van der Waals surface area contributed by atoms with Crippen LogP contribution in [0.4, 0.5) is 16.0 Å². The molecule has 0 aliphatic heterocycles. The summed E-state index contributed by atoms with van der Waals surface area (Å²) in [6, 6.07) is 6.44. The van der Waals surface area contributed by atoms with Crippen molar-refractivity contribution in [1.82, 2.24) is 15.3 Å². The fourth-order valence-electron chi connectivity index (χ4n) is 3.22. The minimum Gasteiger partial charge on any atom is -0.332 e. The highest BCUT2D eigenvalue weighted by Gasteiger charge is 2.15. The van der Waals surface area contributed by atoms with E-state index in [-0.39, 0.29) is 11.1 Å². The molecule has 0 radical (unpaired) electrons. The monoisotopic (exact) mass is 434 g/mol. The summed E-state index contributed by atoms with van der Waals surface area (Å²) in [5.41, 5.74) is 2.30. The van der Waals surface area contributed by atoms with Crippen molar-refractivity contribution in [2.75, 3.05) is 10.6 Å². The van der Waals surface area contributed by atoms with Gasteiger partial charge in [-0.2, -0.15) is 0 Å². The molecule has 1 heterocycles. The quantitative estimate of drug-likeness (QED) is 0.359. The molecule has 1 aliphatic carbocycles. The van der Waals surface area contributed by atoms with Crippen LogP contribution in [0.2, 0.25) is 5.02 Å². The van der Waals surface area contributed by atoms with Gasteiger partial charge in [0, 0.05) is 17.1 Å². The van der Waals surface area contributed by atoms with Gasteiger partial charge in [-0.3, -0.25) is 5.32 Å². The number of halogens is 2. The molecule has 3 rings (SSSR count). The summed E-state index contributed by atoms with van der Waals surface area (Å²) in [6.07, 6.45) is 5.65. The Balaban J connectivity index is 1.75. The van der Waals surface area contributed by atoms with Gasteiger partial charge in [0.15, 0.2) is 5.11 Å². The van der Waals surface area contributed by atoms with Crippen molar-refractivity contribution in [2.24, 2.45) is 4.99 Å². The second kappa shape index (κ2) is 9.93. The smallest absolute Gasteiger partial charge is 0.229 e. The zero-order valence-corrected chi connectivity index (χ0v) is 18.0. The van der Waals surface area contributed by atoms with Gasteiger partial charge < -0.3 is 10.6 Å². The molecule has 0 unspecified atom stereocenters. The van der Waals surface area contributed by atoms with Gasteiger partial charge in [-0.05, 0) is 63.2 Å². The minimum absolute atomic E-state index is 0.0238. The Hall–Kier alpha value is -2.32. The van der Waals surface area contributed by atoms with Gasteiger partial charge in [0.1, 0.15) is 5.82 Å². The molecule has 1 fully saturated rings. The van der Waals surface area contributed by atoms with Crippen molar-refractivity contribution in [1.29, 1.82) is 0 Å². The molecule has 29 heavy (non-hydrogen) atoms. The average molecular weight is 435 g/mol. The second-order valence-corrected chi connectivity index (χ2v) is 7.89. The van der Waals surface area contributed by atoms with Crippen LogP contribution < -0.4 is 16.0 Å². The maximum Gasteiger partial charge on any atom is 0.229 e. The van der Waals surface area contributed by atoms with Gasteiger partial charge in [0.2, 0.25) is 11.9 Å². The second-order valence-electron chi connectivity index (χ2n) is 7.08. The lowest BCUT2D eigenvalue weighted by atomic mass is 9.96. The first kappa shape index (κ1) is 21.4. The Bertz CT molecular complexity index is 894. The summed E-state index contributed by atoms with van der Waals surface area (Å²) < 4.78 is 13.4. The van der Waals surface area contributed by atoms with Crippen molar-refractivity contribution in [3.05, 3.63) is 46.5 Å². The molecule has 3 N–H and O–H groups in total. The van der Waals surface area contributed by atoms with Gasteiger partial charge in [0.05, 0.1) is 11.1 Å². The molecule has 0 amide bonds. The molecule has 1 saturated carbocycles. The Morgan fingerprint density at radius 1 is 1.10 bits per heavy atom. The highest BCUT2D eigenvalue weighted by molar-refractivity contribution is 7.80. The lowest BCUT2D eigenvalue weighted by Crippen LogP contribution is -2.40. The average Bonchev–Trinajstić information content (AvgIpc) is 2.64. The van der Waals surface area contributed by atoms with Crippen LogP contribution in [0, 0.1) is 19.7 Å². The molecule has 0 spiro atoms. The number of thiocarbonyl (C=S) groups is 1. The predicted octanol–water partition coefficient (Wildman–Crippen LogP) is 4.97. The van der Waals surface area contributed by atoms with Crippen molar-refractivity contribution >= 4 is 46.5 Å². The Kier molecular flexibility index (Phi) is 7.33.